The molecule has 2 aromatic rings. The first-order chi connectivity index (χ1) is 11.4. The molecular formula is C20H26N2O2. The molecule has 0 spiro atoms. The highest BCUT2D eigenvalue weighted by Crippen LogP contribution is 2.35. The van der Waals surface area contributed by atoms with Gasteiger partial charge in [0, 0.05) is 25.2 Å². The molecule has 0 radical (unpaired) electrons. The second kappa shape index (κ2) is 6.71. The molecule has 4 nitrogen and oxygen atoms in total. The number of hydrogen-bond donors (Lipinski definition) is 1. The number of fused-ring (bicyclic) bond motifs is 1. The lowest BCUT2D eigenvalue weighted by molar-refractivity contribution is -0.122. The van der Waals surface area contributed by atoms with Crippen LogP contribution in [0.2, 0.25) is 0 Å². The number of carbonyl (C=O) groups is 1. The number of nitrogens with zero attached hydrogens (tertiary/aromatic N) is 1. The molecule has 3 rings (SSSR count). The summed E-state index contributed by atoms with van der Waals surface area (Å²) in [6, 6.07) is 12.4. The van der Waals surface area contributed by atoms with E-state index in [0.717, 1.165) is 18.7 Å². The van der Waals surface area contributed by atoms with Crippen molar-refractivity contribution >= 4 is 11.6 Å². The number of benzene rings is 1. The Bertz CT molecular complexity index is 686. The molecule has 1 N–H and O–H groups in total. The van der Waals surface area contributed by atoms with Crippen molar-refractivity contribution < 1.29 is 9.21 Å². The van der Waals surface area contributed by atoms with Gasteiger partial charge < -0.3 is 14.6 Å². The van der Waals surface area contributed by atoms with Gasteiger partial charge in [0.25, 0.3) is 0 Å². The van der Waals surface area contributed by atoms with E-state index in [9.17, 15) is 4.79 Å². The van der Waals surface area contributed by atoms with Gasteiger partial charge in [-0.25, -0.2) is 0 Å². The normalized spacial score (nSPS) is 15.2. The van der Waals surface area contributed by atoms with Gasteiger partial charge in [-0.3, -0.25) is 4.79 Å². The maximum atomic E-state index is 12.2. The molecule has 1 aromatic heterocycles. The molecule has 0 saturated carbocycles. The van der Waals surface area contributed by atoms with Crippen LogP contribution >= 0.6 is 0 Å². The van der Waals surface area contributed by atoms with Crippen molar-refractivity contribution in [3.05, 3.63) is 54.0 Å². The van der Waals surface area contributed by atoms with Crippen molar-refractivity contribution in [3.8, 4) is 0 Å². The number of para-hydroxylation sites is 1. The van der Waals surface area contributed by atoms with Crippen molar-refractivity contribution in [2.45, 2.75) is 39.7 Å². The molecule has 2 heterocycles. The van der Waals surface area contributed by atoms with Crippen LogP contribution in [0.4, 0.5) is 5.69 Å². The lowest BCUT2D eigenvalue weighted by atomic mass is 9.92. The highest BCUT2D eigenvalue weighted by molar-refractivity contribution is 5.76. The highest BCUT2D eigenvalue weighted by atomic mass is 16.3. The van der Waals surface area contributed by atoms with E-state index >= 15 is 0 Å². The number of nitrogens with one attached hydrogen (secondary N) is 1. The molecule has 0 fully saturated rings. The quantitative estimate of drug-likeness (QED) is 0.905. The smallest absolute Gasteiger partial charge is 0.220 e. The molecule has 1 atom stereocenters. The lowest BCUT2D eigenvalue weighted by Gasteiger charge is -2.29. The Morgan fingerprint density at radius 2 is 2.04 bits per heavy atom. The molecule has 1 amide bonds. The fraction of sp³-hybridized carbons (Fsp3) is 0.450. The highest BCUT2D eigenvalue weighted by Gasteiger charge is 2.29. The molecule has 0 aliphatic carbocycles. The van der Waals surface area contributed by atoms with Crippen molar-refractivity contribution in [1.82, 2.24) is 5.32 Å². The second-order valence-corrected chi connectivity index (χ2v) is 7.64. The largest absolute Gasteiger partial charge is 0.467 e. The summed E-state index contributed by atoms with van der Waals surface area (Å²) in [7, 11) is 0. The zero-order chi connectivity index (χ0) is 17.2. The summed E-state index contributed by atoms with van der Waals surface area (Å²) in [5.74, 6) is 0.981. The molecule has 128 valence electrons. The van der Waals surface area contributed by atoms with E-state index in [2.05, 4.69) is 55.3 Å². The minimum absolute atomic E-state index is 0.00942. The number of carbonyl (C=O) groups excluding carboxylic acids is 1. The van der Waals surface area contributed by atoms with E-state index in [1.807, 2.05) is 12.1 Å². The Kier molecular flexibility index (Phi) is 4.65. The van der Waals surface area contributed by atoms with Gasteiger partial charge in [0.15, 0.2) is 0 Å². The van der Waals surface area contributed by atoms with Gasteiger partial charge in [-0.15, -0.1) is 0 Å². The minimum atomic E-state index is -0.00942. The second-order valence-electron chi connectivity index (χ2n) is 7.64. The first-order valence-corrected chi connectivity index (χ1v) is 8.59. The maximum Gasteiger partial charge on any atom is 0.220 e. The molecule has 1 aliphatic rings. The summed E-state index contributed by atoms with van der Waals surface area (Å²) in [5, 5.41) is 3.09. The monoisotopic (exact) mass is 326 g/mol. The average molecular weight is 326 g/mol. The van der Waals surface area contributed by atoms with Crippen LogP contribution in [0, 0.1) is 5.41 Å². The van der Waals surface area contributed by atoms with Gasteiger partial charge in [0.2, 0.25) is 5.91 Å². The van der Waals surface area contributed by atoms with Gasteiger partial charge in [0.1, 0.15) is 11.8 Å². The van der Waals surface area contributed by atoms with E-state index in [4.69, 9.17) is 4.42 Å². The van der Waals surface area contributed by atoms with Crippen molar-refractivity contribution in [2.24, 2.45) is 5.41 Å². The van der Waals surface area contributed by atoms with Crippen LogP contribution in [0.3, 0.4) is 0 Å². The van der Waals surface area contributed by atoms with E-state index in [1.165, 1.54) is 11.3 Å². The summed E-state index contributed by atoms with van der Waals surface area (Å²) in [4.78, 5) is 14.6. The Hall–Kier alpha value is -2.23. The van der Waals surface area contributed by atoms with E-state index in [1.54, 1.807) is 6.26 Å². The Morgan fingerprint density at radius 1 is 1.25 bits per heavy atom. The molecule has 0 bridgehead atoms. The van der Waals surface area contributed by atoms with Crippen LogP contribution in [-0.4, -0.2) is 19.0 Å². The lowest BCUT2D eigenvalue weighted by Crippen LogP contribution is -2.38. The fourth-order valence-electron chi connectivity index (χ4n) is 3.29. The zero-order valence-corrected chi connectivity index (χ0v) is 14.7. The van der Waals surface area contributed by atoms with Gasteiger partial charge in [-0.05, 0) is 35.6 Å². The summed E-state index contributed by atoms with van der Waals surface area (Å²) in [5.41, 5.74) is 2.59. The first kappa shape index (κ1) is 16.6. The van der Waals surface area contributed by atoms with Gasteiger partial charge in [-0.2, -0.15) is 0 Å². The SMILES string of the molecule is CC(C)(C)CC(=O)NC[C@H](c1ccco1)N1CCc2ccccc21. The topological polar surface area (TPSA) is 45.5 Å². The van der Waals surface area contributed by atoms with Crippen molar-refractivity contribution in [2.75, 3.05) is 18.0 Å². The van der Waals surface area contributed by atoms with Gasteiger partial charge in [0.05, 0.1) is 6.26 Å². The average Bonchev–Trinajstić information content (AvgIpc) is 3.16. The van der Waals surface area contributed by atoms with E-state index < -0.39 is 0 Å². The van der Waals surface area contributed by atoms with E-state index in [0.29, 0.717) is 13.0 Å². The Morgan fingerprint density at radius 3 is 2.75 bits per heavy atom. The van der Waals surface area contributed by atoms with Gasteiger partial charge in [-0.1, -0.05) is 39.0 Å². The molecule has 1 aromatic carbocycles. The van der Waals surface area contributed by atoms with Crippen LogP contribution in [-0.2, 0) is 11.2 Å². The van der Waals surface area contributed by atoms with Crippen LogP contribution in [0.5, 0.6) is 0 Å². The van der Waals surface area contributed by atoms with Gasteiger partial charge >= 0.3 is 0 Å². The molecule has 4 heteroatoms. The standard InChI is InChI=1S/C20H26N2O2/c1-20(2,3)13-19(23)21-14-17(18-9-6-12-24-18)22-11-10-15-7-4-5-8-16(15)22/h4-9,12,17H,10-11,13-14H2,1-3H3,(H,21,23)/t17-/m1/s1. The van der Waals surface area contributed by atoms with Crippen LogP contribution in [0.1, 0.15) is 44.6 Å². The number of rotatable bonds is 5. The van der Waals surface area contributed by atoms with Crippen molar-refractivity contribution in [3.63, 3.8) is 0 Å². The predicted molar refractivity (Wildman–Crippen MR) is 96.0 cm³/mol. The summed E-state index contributed by atoms with van der Waals surface area (Å²) < 4.78 is 5.66. The number of hydrogen-bond acceptors (Lipinski definition) is 3. The molecule has 24 heavy (non-hydrogen) atoms. The van der Waals surface area contributed by atoms with Crippen LogP contribution in [0.25, 0.3) is 0 Å². The van der Waals surface area contributed by atoms with Crippen molar-refractivity contribution in [1.29, 1.82) is 0 Å². The first-order valence-electron chi connectivity index (χ1n) is 8.59. The maximum absolute atomic E-state index is 12.2. The summed E-state index contributed by atoms with van der Waals surface area (Å²) >= 11 is 0. The van der Waals surface area contributed by atoms with E-state index in [-0.39, 0.29) is 17.4 Å². The predicted octanol–water partition coefficient (Wildman–Crippen LogP) is 3.94. The zero-order valence-electron chi connectivity index (χ0n) is 14.7. The fourth-order valence-corrected chi connectivity index (χ4v) is 3.29. The molecular weight excluding hydrogens is 300 g/mol. The van der Waals surface area contributed by atoms with Crippen LogP contribution in [0.15, 0.2) is 47.1 Å². The molecule has 0 saturated heterocycles. The summed E-state index contributed by atoms with van der Waals surface area (Å²) in [6.45, 7) is 7.73. The number of furan rings is 1. The van der Waals surface area contributed by atoms with Crippen LogP contribution < -0.4 is 10.2 Å². The Labute approximate surface area is 143 Å². The third kappa shape index (κ3) is 3.81. The number of anilines is 1. The third-order valence-corrected chi connectivity index (χ3v) is 4.35. The molecule has 1 aliphatic heterocycles. The summed E-state index contributed by atoms with van der Waals surface area (Å²) in [6.07, 6.45) is 3.25. The minimum Gasteiger partial charge on any atom is -0.467 e. The molecule has 0 unspecified atom stereocenters. The number of amides is 1. The third-order valence-electron chi connectivity index (χ3n) is 4.35. The Balaban J connectivity index is 1.75.